The molecule has 1 aliphatic heterocycles. The van der Waals surface area contributed by atoms with Crippen molar-refractivity contribution in [1.29, 1.82) is 5.41 Å². The van der Waals surface area contributed by atoms with Gasteiger partial charge in [0.25, 0.3) is 0 Å². The Morgan fingerprint density at radius 2 is 2.38 bits per heavy atom. The van der Waals surface area contributed by atoms with Crippen molar-refractivity contribution in [2.45, 2.75) is 5.25 Å². The van der Waals surface area contributed by atoms with Crippen LogP contribution in [0.4, 0.5) is 0 Å². The third-order valence-electron chi connectivity index (χ3n) is 1.19. The molecule has 0 aliphatic carbocycles. The van der Waals surface area contributed by atoms with Crippen LogP contribution in [0.1, 0.15) is 0 Å². The van der Waals surface area contributed by atoms with Crippen LogP contribution in [0.25, 0.3) is 0 Å². The number of nitrogens with one attached hydrogen (secondary N) is 2. The van der Waals surface area contributed by atoms with Crippen LogP contribution in [0.3, 0.4) is 0 Å². The Balaban J connectivity index is 2.34. The van der Waals surface area contributed by atoms with E-state index in [1.165, 1.54) is 0 Å². The minimum Gasteiger partial charge on any atom is -0.314 e. The molecule has 1 unspecified atom stereocenters. The predicted octanol–water partition coefficient (Wildman–Crippen LogP) is -0.686. The normalized spacial score (nSPS) is 24.0. The summed E-state index contributed by atoms with van der Waals surface area (Å²) in [6.07, 6.45) is 0. The van der Waals surface area contributed by atoms with Crippen LogP contribution >= 0.6 is 0 Å². The Morgan fingerprint density at radius 3 is 2.50 bits per heavy atom. The maximum absolute atomic E-state index is 10.6. The van der Waals surface area contributed by atoms with E-state index in [9.17, 15) is 4.21 Å². The Kier molecular flexibility index (Phi) is 1.75. The van der Waals surface area contributed by atoms with Crippen LogP contribution in [0, 0.1) is 5.41 Å². The van der Waals surface area contributed by atoms with Gasteiger partial charge in [0.15, 0.2) is 0 Å². The van der Waals surface area contributed by atoms with Crippen LogP contribution in [0.15, 0.2) is 0 Å². The number of hydrogen-bond acceptors (Lipinski definition) is 3. The lowest BCUT2D eigenvalue weighted by Crippen LogP contribution is -2.49. The highest BCUT2D eigenvalue weighted by Gasteiger charge is 2.21. The zero-order valence-electron chi connectivity index (χ0n) is 4.39. The minimum atomic E-state index is -1.01. The molecule has 0 aromatic rings. The van der Waals surface area contributed by atoms with Gasteiger partial charge >= 0.3 is 0 Å². The van der Waals surface area contributed by atoms with Gasteiger partial charge in [-0.1, -0.05) is 0 Å². The van der Waals surface area contributed by atoms with Crippen molar-refractivity contribution in [2.24, 2.45) is 0 Å². The van der Waals surface area contributed by atoms with Crippen molar-refractivity contribution in [3.63, 3.8) is 0 Å². The fourth-order valence-corrected chi connectivity index (χ4v) is 1.28. The van der Waals surface area contributed by atoms with E-state index >= 15 is 0 Å². The van der Waals surface area contributed by atoms with Gasteiger partial charge < -0.3 is 5.32 Å². The van der Waals surface area contributed by atoms with Gasteiger partial charge in [-0.3, -0.25) is 9.62 Å². The quantitative estimate of drug-likeness (QED) is 0.386. The first kappa shape index (κ1) is 5.91. The zero-order valence-corrected chi connectivity index (χ0v) is 5.20. The zero-order chi connectivity index (χ0) is 5.98. The molecule has 1 saturated heterocycles. The van der Waals surface area contributed by atoms with E-state index in [0.717, 1.165) is 18.6 Å². The van der Waals surface area contributed by atoms with E-state index in [-0.39, 0.29) is 5.25 Å². The van der Waals surface area contributed by atoms with Gasteiger partial charge in [-0.25, -0.2) is 0 Å². The van der Waals surface area contributed by atoms with Crippen LogP contribution in [-0.4, -0.2) is 28.1 Å². The van der Waals surface area contributed by atoms with Gasteiger partial charge in [-0.15, -0.1) is 0 Å². The lowest BCUT2D eigenvalue weighted by Gasteiger charge is -2.23. The van der Waals surface area contributed by atoms with Crippen LogP contribution in [0.5, 0.6) is 0 Å². The summed E-state index contributed by atoms with van der Waals surface area (Å²) in [5, 5.41) is 9.82. The second-order valence-electron chi connectivity index (χ2n) is 1.73. The first-order valence-electron chi connectivity index (χ1n) is 2.45. The fraction of sp³-hybridized carbons (Fsp3) is 0.750. The molecule has 1 heterocycles. The van der Waals surface area contributed by atoms with E-state index in [1.54, 1.807) is 0 Å². The highest BCUT2D eigenvalue weighted by Crippen LogP contribution is 1.98. The SMILES string of the molecule is N=CS(=O)C1CNC1. The second-order valence-corrected chi connectivity index (χ2v) is 3.29. The predicted molar refractivity (Wildman–Crippen MR) is 33.6 cm³/mol. The smallest absolute Gasteiger partial charge is 0.0822 e. The molecular weight excluding hydrogens is 124 g/mol. The molecule has 3 nitrogen and oxygen atoms in total. The average Bonchev–Trinajstić information content (AvgIpc) is 1.62. The average molecular weight is 132 g/mol. The van der Waals surface area contributed by atoms with E-state index in [0.29, 0.717) is 0 Å². The van der Waals surface area contributed by atoms with Crippen molar-refractivity contribution in [1.82, 2.24) is 5.32 Å². The molecule has 1 atom stereocenters. The molecule has 0 saturated carbocycles. The molecule has 4 heteroatoms. The molecule has 8 heavy (non-hydrogen) atoms. The Morgan fingerprint density at radius 1 is 1.75 bits per heavy atom. The second kappa shape index (κ2) is 2.37. The Hall–Kier alpha value is -0.220. The number of rotatable bonds is 2. The molecule has 0 bridgehead atoms. The molecule has 0 spiro atoms. The standard InChI is InChI=1S/C4H8N2OS/c5-3-8(7)4-1-6-2-4/h3-6H,1-2H2. The fourth-order valence-electron chi connectivity index (χ4n) is 0.523. The largest absolute Gasteiger partial charge is 0.314 e. The molecule has 0 aromatic heterocycles. The molecule has 0 aromatic carbocycles. The maximum atomic E-state index is 10.6. The summed E-state index contributed by atoms with van der Waals surface area (Å²) in [5.74, 6) is 0. The molecule has 1 aliphatic rings. The summed E-state index contributed by atoms with van der Waals surface area (Å²) < 4.78 is 10.6. The molecule has 1 fully saturated rings. The molecule has 46 valence electrons. The van der Waals surface area contributed by atoms with Crippen molar-refractivity contribution >= 4 is 16.3 Å². The molecule has 0 radical (unpaired) electrons. The molecule has 1 rings (SSSR count). The van der Waals surface area contributed by atoms with Crippen molar-refractivity contribution < 1.29 is 4.21 Å². The van der Waals surface area contributed by atoms with E-state index < -0.39 is 10.8 Å². The summed E-state index contributed by atoms with van der Waals surface area (Å²) >= 11 is 0. The Labute approximate surface area is 50.4 Å². The van der Waals surface area contributed by atoms with Gasteiger partial charge in [-0.05, 0) is 0 Å². The van der Waals surface area contributed by atoms with E-state index in [4.69, 9.17) is 5.41 Å². The Bertz CT molecular complexity index is 121. The maximum Gasteiger partial charge on any atom is 0.0822 e. The summed E-state index contributed by atoms with van der Waals surface area (Å²) in [6, 6.07) is 0. The first-order chi connectivity index (χ1) is 3.84. The van der Waals surface area contributed by atoms with Crippen molar-refractivity contribution in [2.75, 3.05) is 13.1 Å². The molecular formula is C4H8N2OS. The topological polar surface area (TPSA) is 53.0 Å². The van der Waals surface area contributed by atoms with Crippen molar-refractivity contribution in [3.05, 3.63) is 0 Å². The van der Waals surface area contributed by atoms with Crippen LogP contribution in [0.2, 0.25) is 0 Å². The summed E-state index contributed by atoms with van der Waals surface area (Å²) in [5.41, 5.74) is 1.01. The molecule has 2 N–H and O–H groups in total. The summed E-state index contributed by atoms with van der Waals surface area (Å²) in [6.45, 7) is 1.62. The highest BCUT2D eigenvalue weighted by molar-refractivity contribution is 7.99. The third kappa shape index (κ3) is 0.952. The van der Waals surface area contributed by atoms with Crippen molar-refractivity contribution in [3.8, 4) is 0 Å². The highest BCUT2D eigenvalue weighted by atomic mass is 32.2. The van der Waals surface area contributed by atoms with E-state index in [1.807, 2.05) is 0 Å². The van der Waals surface area contributed by atoms with Crippen LogP contribution < -0.4 is 5.32 Å². The van der Waals surface area contributed by atoms with Gasteiger partial charge in [0.1, 0.15) is 0 Å². The minimum absolute atomic E-state index is 0.215. The summed E-state index contributed by atoms with van der Waals surface area (Å²) in [7, 11) is -1.01. The van der Waals surface area contributed by atoms with Gasteiger partial charge in [-0.2, -0.15) is 0 Å². The first-order valence-corrected chi connectivity index (χ1v) is 3.73. The van der Waals surface area contributed by atoms with E-state index in [2.05, 4.69) is 5.32 Å². The third-order valence-corrected chi connectivity index (χ3v) is 2.41. The summed E-state index contributed by atoms with van der Waals surface area (Å²) in [4.78, 5) is 0. The number of hydrogen-bond donors (Lipinski definition) is 2. The van der Waals surface area contributed by atoms with Crippen LogP contribution in [-0.2, 0) is 10.8 Å². The van der Waals surface area contributed by atoms with Gasteiger partial charge in [0.2, 0.25) is 0 Å². The van der Waals surface area contributed by atoms with Gasteiger partial charge in [0, 0.05) is 13.1 Å². The van der Waals surface area contributed by atoms with Gasteiger partial charge in [0.05, 0.1) is 21.6 Å². The molecule has 0 amide bonds. The lowest BCUT2D eigenvalue weighted by atomic mass is 10.3. The lowest BCUT2D eigenvalue weighted by molar-refractivity contribution is 0.530. The monoisotopic (exact) mass is 132 g/mol.